The highest BCUT2D eigenvalue weighted by Gasteiger charge is 2.18. The first kappa shape index (κ1) is 9.19. The van der Waals surface area contributed by atoms with Crippen molar-refractivity contribution in [2.24, 2.45) is 0 Å². The van der Waals surface area contributed by atoms with Crippen LogP contribution in [0.4, 0.5) is 11.4 Å². The highest BCUT2D eigenvalue weighted by Crippen LogP contribution is 2.35. The van der Waals surface area contributed by atoms with Gasteiger partial charge in [-0.2, -0.15) is 0 Å². The van der Waals surface area contributed by atoms with E-state index in [-0.39, 0.29) is 0 Å². The first-order valence-electron chi connectivity index (χ1n) is 5.00. The van der Waals surface area contributed by atoms with Crippen molar-refractivity contribution in [2.45, 2.75) is 12.8 Å². The van der Waals surface area contributed by atoms with Crippen molar-refractivity contribution in [1.82, 2.24) is 0 Å². The summed E-state index contributed by atoms with van der Waals surface area (Å²) in [5, 5.41) is 0. The second-order valence-electron chi connectivity index (χ2n) is 3.59. The minimum Gasteiger partial charge on any atom is -0.495 e. The largest absolute Gasteiger partial charge is 0.495 e. The van der Waals surface area contributed by atoms with Gasteiger partial charge in [0.05, 0.1) is 12.8 Å². The molecule has 0 amide bonds. The van der Waals surface area contributed by atoms with Crippen LogP contribution in [0, 0.1) is 0 Å². The Bertz CT molecular complexity index is 319. The Morgan fingerprint density at radius 1 is 1.29 bits per heavy atom. The number of nitrogens with two attached hydrogens (primary N) is 1. The van der Waals surface area contributed by atoms with Crippen molar-refractivity contribution in [3.63, 3.8) is 0 Å². The molecule has 0 saturated carbocycles. The van der Waals surface area contributed by atoms with Crippen molar-refractivity contribution in [3.8, 4) is 5.75 Å². The van der Waals surface area contributed by atoms with E-state index in [0.29, 0.717) is 0 Å². The van der Waals surface area contributed by atoms with E-state index in [4.69, 9.17) is 10.5 Å². The first-order chi connectivity index (χ1) is 6.83. The number of rotatable bonds is 2. The fraction of sp³-hybridized carbons (Fsp3) is 0.455. The second kappa shape index (κ2) is 3.78. The van der Waals surface area contributed by atoms with E-state index in [1.165, 1.54) is 12.8 Å². The summed E-state index contributed by atoms with van der Waals surface area (Å²) >= 11 is 0. The van der Waals surface area contributed by atoms with Crippen LogP contribution in [0.2, 0.25) is 0 Å². The van der Waals surface area contributed by atoms with Crippen molar-refractivity contribution >= 4 is 11.4 Å². The number of hydrogen-bond acceptors (Lipinski definition) is 3. The highest BCUT2D eigenvalue weighted by atomic mass is 16.5. The van der Waals surface area contributed by atoms with E-state index in [1.807, 2.05) is 18.2 Å². The molecule has 1 aliphatic rings. The Balaban J connectivity index is 2.37. The zero-order chi connectivity index (χ0) is 9.97. The van der Waals surface area contributed by atoms with E-state index < -0.39 is 0 Å². The number of hydrogen-bond donors (Lipinski definition) is 1. The van der Waals surface area contributed by atoms with Crippen LogP contribution in [-0.2, 0) is 0 Å². The molecule has 0 bridgehead atoms. The van der Waals surface area contributed by atoms with Gasteiger partial charge in [-0.3, -0.25) is 0 Å². The molecule has 3 heteroatoms. The first-order valence-corrected chi connectivity index (χ1v) is 5.00. The molecule has 0 aliphatic carbocycles. The zero-order valence-electron chi connectivity index (χ0n) is 8.49. The second-order valence-corrected chi connectivity index (χ2v) is 3.59. The smallest absolute Gasteiger partial charge is 0.144 e. The van der Waals surface area contributed by atoms with Gasteiger partial charge in [-0.25, -0.2) is 0 Å². The van der Waals surface area contributed by atoms with Crippen molar-refractivity contribution in [1.29, 1.82) is 0 Å². The van der Waals surface area contributed by atoms with Crippen molar-refractivity contribution in [2.75, 3.05) is 30.8 Å². The summed E-state index contributed by atoms with van der Waals surface area (Å²) in [7, 11) is 1.69. The maximum absolute atomic E-state index is 5.96. The number of nitrogen functional groups attached to an aromatic ring is 1. The lowest BCUT2D eigenvalue weighted by Gasteiger charge is -2.22. The van der Waals surface area contributed by atoms with E-state index in [0.717, 1.165) is 30.2 Å². The standard InChI is InChI=1S/C11H16N2O/c1-14-10-6-4-5-9(12)11(10)13-7-2-3-8-13/h4-6H,2-3,7-8,12H2,1H3. The van der Waals surface area contributed by atoms with Crippen LogP contribution in [0.1, 0.15) is 12.8 Å². The molecule has 1 aromatic carbocycles. The third-order valence-corrected chi connectivity index (χ3v) is 2.67. The molecule has 76 valence electrons. The molecule has 0 radical (unpaired) electrons. The van der Waals surface area contributed by atoms with Crippen LogP contribution < -0.4 is 15.4 Å². The summed E-state index contributed by atoms with van der Waals surface area (Å²) in [5.41, 5.74) is 7.83. The van der Waals surface area contributed by atoms with Gasteiger partial charge in [0.25, 0.3) is 0 Å². The SMILES string of the molecule is COc1cccc(N)c1N1CCCC1. The number of nitrogens with zero attached hydrogens (tertiary/aromatic N) is 1. The quantitative estimate of drug-likeness (QED) is 0.727. The summed E-state index contributed by atoms with van der Waals surface area (Å²) in [6.07, 6.45) is 2.50. The van der Waals surface area contributed by atoms with Gasteiger partial charge in [0.2, 0.25) is 0 Å². The molecule has 1 saturated heterocycles. The van der Waals surface area contributed by atoms with E-state index >= 15 is 0 Å². The molecule has 1 aromatic rings. The number of anilines is 2. The fourth-order valence-corrected chi connectivity index (χ4v) is 1.98. The summed E-state index contributed by atoms with van der Waals surface area (Å²) in [4.78, 5) is 2.30. The normalized spacial score (nSPS) is 15.9. The minimum atomic E-state index is 0.811. The van der Waals surface area contributed by atoms with Gasteiger partial charge >= 0.3 is 0 Å². The third-order valence-electron chi connectivity index (χ3n) is 2.67. The van der Waals surface area contributed by atoms with Crippen LogP contribution in [0.15, 0.2) is 18.2 Å². The lowest BCUT2D eigenvalue weighted by Crippen LogP contribution is -2.19. The lowest BCUT2D eigenvalue weighted by atomic mass is 10.2. The average Bonchev–Trinajstić information content (AvgIpc) is 2.70. The Hall–Kier alpha value is -1.38. The van der Waals surface area contributed by atoms with E-state index in [1.54, 1.807) is 7.11 Å². The molecule has 2 rings (SSSR count). The fourth-order valence-electron chi connectivity index (χ4n) is 1.98. The van der Waals surface area contributed by atoms with E-state index in [2.05, 4.69) is 4.90 Å². The van der Waals surface area contributed by atoms with Gasteiger partial charge in [-0.15, -0.1) is 0 Å². The number of methoxy groups -OCH3 is 1. The molecule has 1 aliphatic heterocycles. The summed E-state index contributed by atoms with van der Waals surface area (Å²) in [6, 6.07) is 5.81. The summed E-state index contributed by atoms with van der Waals surface area (Å²) in [6.45, 7) is 2.18. The van der Waals surface area contributed by atoms with Crippen LogP contribution in [0.25, 0.3) is 0 Å². The Labute approximate surface area is 84.5 Å². The summed E-state index contributed by atoms with van der Waals surface area (Å²) in [5.74, 6) is 0.881. The van der Waals surface area contributed by atoms with Crippen molar-refractivity contribution in [3.05, 3.63) is 18.2 Å². The maximum Gasteiger partial charge on any atom is 0.144 e. The molecule has 0 atom stereocenters. The summed E-state index contributed by atoms with van der Waals surface area (Å²) < 4.78 is 5.32. The van der Waals surface area contributed by atoms with Gasteiger partial charge in [0.15, 0.2) is 0 Å². The van der Waals surface area contributed by atoms with Gasteiger partial charge in [-0.05, 0) is 25.0 Å². The maximum atomic E-state index is 5.96. The molecule has 0 aromatic heterocycles. The lowest BCUT2D eigenvalue weighted by molar-refractivity contribution is 0.415. The molecular formula is C11H16N2O. The predicted molar refractivity (Wildman–Crippen MR) is 58.9 cm³/mol. The van der Waals surface area contributed by atoms with Crippen molar-refractivity contribution < 1.29 is 4.74 Å². The Kier molecular flexibility index (Phi) is 2.48. The molecular weight excluding hydrogens is 176 g/mol. The number of para-hydroxylation sites is 1. The van der Waals surface area contributed by atoms with E-state index in [9.17, 15) is 0 Å². The van der Waals surface area contributed by atoms with Crippen LogP contribution in [0.5, 0.6) is 5.75 Å². The molecule has 2 N–H and O–H groups in total. The van der Waals surface area contributed by atoms with Gasteiger partial charge in [-0.1, -0.05) is 6.07 Å². The topological polar surface area (TPSA) is 38.5 Å². The zero-order valence-corrected chi connectivity index (χ0v) is 8.49. The third kappa shape index (κ3) is 1.50. The van der Waals surface area contributed by atoms with Crippen LogP contribution in [0.3, 0.4) is 0 Å². The molecule has 0 unspecified atom stereocenters. The predicted octanol–water partition coefficient (Wildman–Crippen LogP) is 1.88. The average molecular weight is 192 g/mol. The molecule has 14 heavy (non-hydrogen) atoms. The van der Waals surface area contributed by atoms with Gasteiger partial charge in [0.1, 0.15) is 11.4 Å². The number of benzene rings is 1. The van der Waals surface area contributed by atoms with Gasteiger partial charge in [0, 0.05) is 13.1 Å². The molecule has 3 nitrogen and oxygen atoms in total. The Morgan fingerprint density at radius 2 is 2.00 bits per heavy atom. The van der Waals surface area contributed by atoms with Gasteiger partial charge < -0.3 is 15.4 Å². The van der Waals surface area contributed by atoms with Crippen LogP contribution in [-0.4, -0.2) is 20.2 Å². The van der Waals surface area contributed by atoms with Crippen LogP contribution >= 0.6 is 0 Å². The number of ether oxygens (including phenoxy) is 1. The monoisotopic (exact) mass is 192 g/mol. The molecule has 1 fully saturated rings. The Morgan fingerprint density at radius 3 is 2.64 bits per heavy atom. The molecule has 0 spiro atoms. The molecule has 1 heterocycles. The minimum absolute atomic E-state index is 0.811. The highest BCUT2D eigenvalue weighted by molar-refractivity contribution is 5.75.